The molecular weight excluding hydrogens is 483 g/mol. The summed E-state index contributed by atoms with van der Waals surface area (Å²) in [5, 5.41) is 4.96. The highest BCUT2D eigenvalue weighted by Gasteiger charge is 2.33. The number of amides is 3. The highest BCUT2D eigenvalue weighted by Crippen LogP contribution is 2.34. The first-order valence-electron chi connectivity index (χ1n) is 12.6. The van der Waals surface area contributed by atoms with Crippen LogP contribution in [0, 0.1) is 5.82 Å². The van der Waals surface area contributed by atoms with E-state index in [2.05, 4.69) is 10.2 Å². The summed E-state index contributed by atoms with van der Waals surface area (Å²) in [6.07, 6.45) is 1.61. The number of rotatable bonds is 10. The lowest BCUT2D eigenvalue weighted by Crippen LogP contribution is -2.52. The fraction of sp³-hybridized carbons (Fsp3) is 0.538. The predicted molar refractivity (Wildman–Crippen MR) is 137 cm³/mol. The molecule has 0 unspecified atom stereocenters. The van der Waals surface area contributed by atoms with Gasteiger partial charge in [0.05, 0.1) is 19.3 Å². The second-order valence-electron chi connectivity index (χ2n) is 9.02. The van der Waals surface area contributed by atoms with Crippen molar-refractivity contribution in [2.75, 3.05) is 65.6 Å². The molecule has 0 saturated carbocycles. The number of halogens is 1. The second-order valence-corrected chi connectivity index (χ2v) is 10.0. The van der Waals surface area contributed by atoms with Gasteiger partial charge in [0.1, 0.15) is 24.7 Å². The molecular formula is C26H35FN4O4S. The molecule has 2 aliphatic heterocycles. The Hall–Kier alpha value is -2.69. The molecule has 1 aromatic carbocycles. The van der Waals surface area contributed by atoms with E-state index in [1.807, 2.05) is 23.3 Å². The number of thiophene rings is 1. The predicted octanol–water partition coefficient (Wildman–Crippen LogP) is 3.15. The van der Waals surface area contributed by atoms with Gasteiger partial charge in [-0.25, -0.2) is 9.18 Å². The van der Waals surface area contributed by atoms with Gasteiger partial charge in [0, 0.05) is 44.1 Å². The second kappa shape index (κ2) is 13.0. The normalized spacial score (nSPS) is 17.9. The number of morpholine rings is 1. The first kappa shape index (κ1) is 26.4. The molecule has 36 heavy (non-hydrogen) atoms. The van der Waals surface area contributed by atoms with E-state index in [0.717, 1.165) is 31.5 Å². The summed E-state index contributed by atoms with van der Waals surface area (Å²) in [5.74, 6) is 0.126. The quantitative estimate of drug-likeness (QED) is 0.523. The summed E-state index contributed by atoms with van der Waals surface area (Å²) >= 11 is 1.68. The van der Waals surface area contributed by atoms with Crippen molar-refractivity contribution in [3.8, 4) is 5.75 Å². The van der Waals surface area contributed by atoms with Gasteiger partial charge in [-0.05, 0) is 54.1 Å². The number of benzene rings is 1. The van der Waals surface area contributed by atoms with Crippen molar-refractivity contribution >= 4 is 23.3 Å². The van der Waals surface area contributed by atoms with E-state index in [0.29, 0.717) is 45.1 Å². The molecule has 0 spiro atoms. The molecule has 1 saturated heterocycles. The lowest BCUT2D eigenvalue weighted by Gasteiger charge is -2.37. The van der Waals surface area contributed by atoms with E-state index in [4.69, 9.17) is 9.47 Å². The van der Waals surface area contributed by atoms with Crippen LogP contribution in [0.5, 0.6) is 5.75 Å². The van der Waals surface area contributed by atoms with Crippen molar-refractivity contribution in [2.45, 2.75) is 25.8 Å². The zero-order valence-corrected chi connectivity index (χ0v) is 21.6. The third kappa shape index (κ3) is 6.96. The van der Waals surface area contributed by atoms with Crippen molar-refractivity contribution in [2.24, 2.45) is 0 Å². The number of urea groups is 1. The number of carbonyl (C=O) groups is 2. The molecule has 1 atom stereocenters. The van der Waals surface area contributed by atoms with E-state index >= 15 is 0 Å². The molecule has 1 N–H and O–H groups in total. The van der Waals surface area contributed by atoms with Crippen LogP contribution in [0.1, 0.15) is 29.8 Å². The number of ether oxygens (including phenoxy) is 2. The van der Waals surface area contributed by atoms with Crippen molar-refractivity contribution in [1.82, 2.24) is 20.0 Å². The molecule has 10 heteroatoms. The lowest BCUT2D eigenvalue weighted by atomic mass is 10.0. The maximum absolute atomic E-state index is 13.6. The third-order valence-corrected chi connectivity index (χ3v) is 7.56. The molecule has 3 heterocycles. The summed E-state index contributed by atoms with van der Waals surface area (Å²) in [6.45, 7) is 7.60. The van der Waals surface area contributed by atoms with Crippen LogP contribution < -0.4 is 10.1 Å². The van der Waals surface area contributed by atoms with Crippen LogP contribution >= 0.6 is 11.3 Å². The van der Waals surface area contributed by atoms with E-state index < -0.39 is 0 Å². The van der Waals surface area contributed by atoms with Crippen molar-refractivity contribution < 1.29 is 23.5 Å². The van der Waals surface area contributed by atoms with Crippen LogP contribution in [0.4, 0.5) is 9.18 Å². The Labute approximate surface area is 216 Å². The Morgan fingerprint density at radius 3 is 2.72 bits per heavy atom. The Balaban J connectivity index is 1.44. The fourth-order valence-electron chi connectivity index (χ4n) is 4.52. The molecule has 4 rings (SSSR count). The largest absolute Gasteiger partial charge is 0.491 e. The summed E-state index contributed by atoms with van der Waals surface area (Å²) in [4.78, 5) is 33.5. The molecule has 0 bridgehead atoms. The van der Waals surface area contributed by atoms with Gasteiger partial charge in [-0.2, -0.15) is 0 Å². The smallest absolute Gasteiger partial charge is 0.317 e. The van der Waals surface area contributed by atoms with Crippen LogP contribution in [0.2, 0.25) is 0 Å². The van der Waals surface area contributed by atoms with Crippen LogP contribution in [0.3, 0.4) is 0 Å². The van der Waals surface area contributed by atoms with Crippen LogP contribution in [-0.4, -0.2) is 92.3 Å². The summed E-state index contributed by atoms with van der Waals surface area (Å²) < 4.78 is 24.7. The minimum Gasteiger partial charge on any atom is -0.491 e. The zero-order chi connectivity index (χ0) is 25.3. The highest BCUT2D eigenvalue weighted by atomic mass is 32.1. The molecule has 1 aromatic heterocycles. The molecule has 0 aliphatic carbocycles. The van der Waals surface area contributed by atoms with Gasteiger partial charge < -0.3 is 24.6 Å². The number of nitrogens with zero attached hydrogens (tertiary/aromatic N) is 3. The van der Waals surface area contributed by atoms with Gasteiger partial charge in [0.2, 0.25) is 5.91 Å². The minimum absolute atomic E-state index is 0.00636. The molecule has 2 aromatic rings. The van der Waals surface area contributed by atoms with E-state index in [9.17, 15) is 14.0 Å². The number of nitrogens with one attached hydrogen (secondary N) is 1. The van der Waals surface area contributed by atoms with Gasteiger partial charge in [-0.1, -0.05) is 6.92 Å². The van der Waals surface area contributed by atoms with Crippen LogP contribution in [0.15, 0.2) is 35.7 Å². The van der Waals surface area contributed by atoms with Crippen molar-refractivity contribution in [3.63, 3.8) is 0 Å². The standard InChI is InChI=1S/C26H35FN4O4S/c1-2-9-28-26(33)30(12-11-29-13-15-34-16-14-29)18-25(32)31-10-7-24-22(8-17-36-24)23(31)19-35-21-5-3-20(27)4-6-21/h3-6,8,17,23H,2,7,9-16,18-19H2,1H3,(H,28,33)/t23-/m0/s1. The summed E-state index contributed by atoms with van der Waals surface area (Å²) in [5.41, 5.74) is 1.08. The monoisotopic (exact) mass is 518 g/mol. The molecule has 196 valence electrons. The highest BCUT2D eigenvalue weighted by molar-refractivity contribution is 7.10. The van der Waals surface area contributed by atoms with E-state index in [1.54, 1.807) is 28.4 Å². The Morgan fingerprint density at radius 1 is 1.19 bits per heavy atom. The first-order valence-corrected chi connectivity index (χ1v) is 13.5. The number of hydrogen-bond donors (Lipinski definition) is 1. The average Bonchev–Trinajstić information content (AvgIpc) is 3.39. The first-order chi connectivity index (χ1) is 17.5. The van der Waals surface area contributed by atoms with Gasteiger partial charge in [-0.15, -0.1) is 11.3 Å². The Morgan fingerprint density at radius 2 is 1.97 bits per heavy atom. The summed E-state index contributed by atoms with van der Waals surface area (Å²) in [7, 11) is 0. The number of fused-ring (bicyclic) bond motifs is 1. The minimum atomic E-state index is -0.324. The third-order valence-electron chi connectivity index (χ3n) is 6.57. The van der Waals surface area contributed by atoms with Crippen molar-refractivity contribution in [3.05, 3.63) is 52.0 Å². The van der Waals surface area contributed by atoms with Crippen molar-refractivity contribution in [1.29, 1.82) is 0 Å². The van der Waals surface area contributed by atoms with Gasteiger partial charge in [-0.3, -0.25) is 9.69 Å². The molecule has 1 fully saturated rings. The maximum Gasteiger partial charge on any atom is 0.317 e. The number of hydrogen-bond acceptors (Lipinski definition) is 6. The Kier molecular flexibility index (Phi) is 9.54. The Bertz CT molecular complexity index is 996. The van der Waals surface area contributed by atoms with Gasteiger partial charge in [0.15, 0.2) is 0 Å². The maximum atomic E-state index is 13.6. The van der Waals surface area contributed by atoms with E-state index in [-0.39, 0.29) is 36.9 Å². The molecule has 2 aliphatic rings. The fourth-order valence-corrected chi connectivity index (χ4v) is 5.45. The van der Waals surface area contributed by atoms with Gasteiger partial charge in [0.25, 0.3) is 0 Å². The topological polar surface area (TPSA) is 74.4 Å². The lowest BCUT2D eigenvalue weighted by molar-refractivity contribution is -0.135. The zero-order valence-electron chi connectivity index (χ0n) is 20.8. The average molecular weight is 519 g/mol. The molecule has 0 radical (unpaired) electrons. The van der Waals surface area contributed by atoms with E-state index in [1.165, 1.54) is 17.0 Å². The van der Waals surface area contributed by atoms with Gasteiger partial charge >= 0.3 is 6.03 Å². The SMILES string of the molecule is CCCNC(=O)N(CCN1CCOCC1)CC(=O)N1CCc2sccc2[C@@H]1COc1ccc(F)cc1. The molecule has 3 amide bonds. The van der Waals surface area contributed by atoms with Crippen LogP contribution in [-0.2, 0) is 16.0 Å². The number of carbonyl (C=O) groups excluding carboxylic acids is 2. The van der Waals surface area contributed by atoms with Crippen LogP contribution in [0.25, 0.3) is 0 Å². The molecule has 8 nitrogen and oxygen atoms in total. The summed E-state index contributed by atoms with van der Waals surface area (Å²) in [6, 6.07) is 7.45.